The lowest BCUT2D eigenvalue weighted by Gasteiger charge is -2.21. The molecule has 168 valence electrons. The van der Waals surface area contributed by atoms with Crippen LogP contribution in [0.15, 0.2) is 65.6 Å². The normalized spacial score (nSPS) is 12.4. The van der Waals surface area contributed by atoms with Crippen LogP contribution in [0.1, 0.15) is 22.3 Å². The lowest BCUT2D eigenvalue weighted by molar-refractivity contribution is -0.117. The maximum absolute atomic E-state index is 13.3. The average molecular weight is 491 g/mol. The van der Waals surface area contributed by atoms with E-state index in [0.717, 1.165) is 11.1 Å². The molecule has 2 N–H and O–H groups in total. The minimum atomic E-state index is -3.97. The van der Waals surface area contributed by atoms with Crippen molar-refractivity contribution in [1.82, 2.24) is 4.72 Å². The van der Waals surface area contributed by atoms with Crippen molar-refractivity contribution in [3.63, 3.8) is 0 Å². The fourth-order valence-corrected chi connectivity index (χ4v) is 5.90. The van der Waals surface area contributed by atoms with Gasteiger partial charge < -0.3 is 5.32 Å². The van der Waals surface area contributed by atoms with Crippen LogP contribution in [0.5, 0.6) is 0 Å². The maximum atomic E-state index is 13.3. The Morgan fingerprint density at radius 2 is 1.47 bits per heavy atom. The van der Waals surface area contributed by atoms with E-state index in [1.54, 1.807) is 32.0 Å². The number of hydrogen-bond acceptors (Lipinski definition) is 3. The molecule has 0 aliphatic heterocycles. The Bertz CT molecular complexity index is 1200. The summed E-state index contributed by atoms with van der Waals surface area (Å²) in [6.07, 6.45) is 0.171. The highest BCUT2D eigenvalue weighted by Crippen LogP contribution is 2.24. The molecule has 8 heteroatoms. The molecule has 0 aliphatic rings. The second-order valence-corrected chi connectivity index (χ2v) is 10.3. The molecule has 3 aromatic rings. The van der Waals surface area contributed by atoms with Crippen molar-refractivity contribution in [2.45, 2.75) is 38.1 Å². The molecular weight excluding hydrogens is 467 g/mol. The topological polar surface area (TPSA) is 75.3 Å². The molecule has 1 amide bonds. The van der Waals surface area contributed by atoms with Gasteiger partial charge in [0.2, 0.25) is 15.9 Å². The van der Waals surface area contributed by atoms with Crippen LogP contribution in [0.3, 0.4) is 0 Å². The fraction of sp³-hybridized carbons (Fsp3) is 0.208. The van der Waals surface area contributed by atoms with E-state index in [0.29, 0.717) is 26.9 Å². The molecule has 0 saturated carbocycles. The van der Waals surface area contributed by atoms with E-state index in [1.807, 2.05) is 49.4 Å². The van der Waals surface area contributed by atoms with Gasteiger partial charge in [0.1, 0.15) is 6.04 Å². The second-order valence-electron chi connectivity index (χ2n) is 7.74. The average Bonchev–Trinajstić information content (AvgIpc) is 2.66. The molecule has 3 aromatic carbocycles. The van der Waals surface area contributed by atoms with Gasteiger partial charge in [-0.2, -0.15) is 4.72 Å². The molecule has 0 heterocycles. The third-order valence-corrected chi connectivity index (χ3v) is 7.11. The van der Waals surface area contributed by atoms with E-state index in [9.17, 15) is 13.2 Å². The van der Waals surface area contributed by atoms with Gasteiger partial charge in [0.25, 0.3) is 0 Å². The number of anilines is 1. The van der Waals surface area contributed by atoms with Crippen LogP contribution >= 0.6 is 23.2 Å². The van der Waals surface area contributed by atoms with E-state index < -0.39 is 22.0 Å². The summed E-state index contributed by atoms with van der Waals surface area (Å²) in [6.45, 7) is 5.40. The van der Waals surface area contributed by atoms with Gasteiger partial charge in [-0.1, -0.05) is 71.2 Å². The van der Waals surface area contributed by atoms with Crippen LogP contribution in [-0.4, -0.2) is 20.4 Å². The van der Waals surface area contributed by atoms with Gasteiger partial charge in [-0.15, -0.1) is 0 Å². The summed E-state index contributed by atoms with van der Waals surface area (Å²) in [4.78, 5) is 13.3. The number of carbonyl (C=O) groups is 1. The second kappa shape index (κ2) is 10.0. The van der Waals surface area contributed by atoms with Crippen LogP contribution in [-0.2, 0) is 21.2 Å². The lowest BCUT2D eigenvalue weighted by atomic mass is 10.1. The maximum Gasteiger partial charge on any atom is 0.242 e. The molecule has 0 bridgehead atoms. The minimum Gasteiger partial charge on any atom is -0.325 e. The third-order valence-electron chi connectivity index (χ3n) is 4.90. The largest absolute Gasteiger partial charge is 0.325 e. The zero-order chi connectivity index (χ0) is 23.5. The number of halogens is 2. The number of carbonyl (C=O) groups excluding carboxylic acids is 1. The predicted molar refractivity (Wildman–Crippen MR) is 130 cm³/mol. The molecule has 3 rings (SSSR count). The zero-order valence-corrected chi connectivity index (χ0v) is 20.3. The quantitative estimate of drug-likeness (QED) is 0.462. The highest BCUT2D eigenvalue weighted by atomic mass is 35.5. The third kappa shape index (κ3) is 6.11. The van der Waals surface area contributed by atoms with Gasteiger partial charge in [-0.3, -0.25) is 4.79 Å². The summed E-state index contributed by atoms with van der Waals surface area (Å²) in [6, 6.07) is 16.4. The first-order chi connectivity index (χ1) is 15.0. The molecule has 1 atom stereocenters. The molecule has 0 unspecified atom stereocenters. The Balaban J connectivity index is 1.94. The van der Waals surface area contributed by atoms with Gasteiger partial charge in [0.05, 0.1) is 4.90 Å². The number of amides is 1. The molecule has 0 fully saturated rings. The smallest absolute Gasteiger partial charge is 0.242 e. The van der Waals surface area contributed by atoms with E-state index in [-0.39, 0.29) is 11.3 Å². The molecule has 32 heavy (non-hydrogen) atoms. The Morgan fingerprint density at radius 1 is 0.906 bits per heavy atom. The van der Waals surface area contributed by atoms with Crippen LogP contribution in [0.25, 0.3) is 0 Å². The Kier molecular flexibility index (Phi) is 7.62. The molecule has 0 aliphatic carbocycles. The molecule has 0 spiro atoms. The van der Waals surface area contributed by atoms with Crippen molar-refractivity contribution < 1.29 is 13.2 Å². The monoisotopic (exact) mass is 490 g/mol. The zero-order valence-electron chi connectivity index (χ0n) is 17.9. The Hall–Kier alpha value is -2.38. The predicted octanol–water partition coefficient (Wildman–Crippen LogP) is 5.45. The van der Waals surface area contributed by atoms with E-state index in [4.69, 9.17) is 23.2 Å². The first-order valence-corrected chi connectivity index (χ1v) is 12.2. The van der Waals surface area contributed by atoms with Crippen molar-refractivity contribution in [2.24, 2.45) is 0 Å². The number of nitrogens with one attached hydrogen (secondary N) is 2. The summed E-state index contributed by atoms with van der Waals surface area (Å²) >= 11 is 12.1. The van der Waals surface area contributed by atoms with Gasteiger partial charge in [-0.05, 0) is 62.1 Å². The van der Waals surface area contributed by atoms with Crippen LogP contribution in [0.2, 0.25) is 10.0 Å². The van der Waals surface area contributed by atoms with Crippen molar-refractivity contribution >= 4 is 44.8 Å². The molecule has 5 nitrogen and oxygen atoms in total. The van der Waals surface area contributed by atoms with Crippen molar-refractivity contribution in [2.75, 3.05) is 5.32 Å². The summed E-state index contributed by atoms with van der Waals surface area (Å²) in [5.74, 6) is -0.516. The standard InChI is InChI=1S/C24H24Cl2N2O3S/c1-15-9-16(2)23(17(3)10-15)32(30,31)28-22(11-18-7-5-4-6-8-18)24(29)27-21-13-19(25)12-20(26)14-21/h4-10,12-14,22,28H,11H2,1-3H3,(H,27,29)/t22-/m1/s1. The van der Waals surface area contributed by atoms with Gasteiger partial charge in [0.15, 0.2) is 0 Å². The van der Waals surface area contributed by atoms with Gasteiger partial charge in [0, 0.05) is 15.7 Å². The van der Waals surface area contributed by atoms with Crippen LogP contribution in [0.4, 0.5) is 5.69 Å². The number of sulfonamides is 1. The number of benzene rings is 3. The van der Waals surface area contributed by atoms with Crippen molar-refractivity contribution in [1.29, 1.82) is 0 Å². The summed E-state index contributed by atoms with van der Waals surface area (Å²) < 4.78 is 29.2. The van der Waals surface area contributed by atoms with Crippen molar-refractivity contribution in [3.8, 4) is 0 Å². The van der Waals surface area contributed by atoms with Gasteiger partial charge in [-0.25, -0.2) is 8.42 Å². The Morgan fingerprint density at radius 3 is 2.03 bits per heavy atom. The van der Waals surface area contributed by atoms with E-state index in [1.165, 1.54) is 0 Å². The van der Waals surface area contributed by atoms with Gasteiger partial charge >= 0.3 is 0 Å². The number of hydrogen-bond donors (Lipinski definition) is 2. The van der Waals surface area contributed by atoms with E-state index in [2.05, 4.69) is 10.0 Å². The summed E-state index contributed by atoms with van der Waals surface area (Å²) in [7, 11) is -3.97. The van der Waals surface area contributed by atoms with Crippen LogP contribution in [0, 0.1) is 20.8 Å². The van der Waals surface area contributed by atoms with Crippen molar-refractivity contribution in [3.05, 3.63) is 93.0 Å². The fourth-order valence-electron chi connectivity index (χ4n) is 3.73. The molecule has 0 radical (unpaired) electrons. The lowest BCUT2D eigenvalue weighted by Crippen LogP contribution is -2.45. The Labute approximate surface area is 198 Å². The molecule has 0 aromatic heterocycles. The molecular formula is C24H24Cl2N2O3S. The first-order valence-electron chi connectivity index (χ1n) is 9.96. The summed E-state index contributed by atoms with van der Waals surface area (Å²) in [5.41, 5.74) is 3.41. The number of rotatable bonds is 7. The minimum absolute atomic E-state index is 0.171. The van der Waals surface area contributed by atoms with E-state index >= 15 is 0 Å². The highest BCUT2D eigenvalue weighted by molar-refractivity contribution is 7.89. The molecule has 0 saturated heterocycles. The summed E-state index contributed by atoms with van der Waals surface area (Å²) in [5, 5.41) is 3.44. The first kappa shape index (κ1) is 24.3. The van der Waals surface area contributed by atoms with Crippen LogP contribution < -0.4 is 10.0 Å². The number of aryl methyl sites for hydroxylation is 3. The SMILES string of the molecule is Cc1cc(C)c(S(=O)(=O)N[C@H](Cc2ccccc2)C(=O)Nc2cc(Cl)cc(Cl)c2)c(C)c1. The highest BCUT2D eigenvalue weighted by Gasteiger charge is 2.28.